The number of hydrogen-bond donors (Lipinski definition) is 5. The van der Waals surface area contributed by atoms with Gasteiger partial charge in [-0.3, -0.25) is 19.6 Å². The molecule has 2 aromatic carbocycles. The average molecular weight is 828 g/mol. The molecule has 0 saturated heterocycles. The summed E-state index contributed by atoms with van der Waals surface area (Å²) in [7, 11) is 0. The molecule has 3 aliphatic heterocycles. The highest BCUT2D eigenvalue weighted by molar-refractivity contribution is 6.09. The Kier molecular flexibility index (Phi) is 12.0. The van der Waals surface area contributed by atoms with Crippen molar-refractivity contribution in [3.05, 3.63) is 95.6 Å². The lowest BCUT2D eigenvalue weighted by Gasteiger charge is -2.30. The van der Waals surface area contributed by atoms with E-state index < -0.39 is 11.7 Å². The quantitative estimate of drug-likeness (QED) is 0.132. The van der Waals surface area contributed by atoms with Crippen LogP contribution in [0.2, 0.25) is 0 Å². The second-order valence-electron chi connectivity index (χ2n) is 15.6. The number of imidazole rings is 1. The molecule has 17 heteroatoms. The number of pyridine rings is 2. The highest BCUT2D eigenvalue weighted by Gasteiger charge is 2.29. The van der Waals surface area contributed by atoms with Crippen LogP contribution in [0, 0.1) is 13.8 Å². The molecule has 0 unspecified atom stereocenters. The van der Waals surface area contributed by atoms with Crippen LogP contribution in [-0.4, -0.2) is 88.7 Å². The monoisotopic (exact) mass is 827 g/mol. The number of nitrogens with two attached hydrogens (primary N) is 3. The van der Waals surface area contributed by atoms with E-state index in [1.54, 1.807) is 43.0 Å². The zero-order valence-corrected chi connectivity index (χ0v) is 34.7. The Bertz CT molecular complexity index is 2560. The molecule has 0 fully saturated rings. The van der Waals surface area contributed by atoms with E-state index in [0.717, 1.165) is 50.6 Å². The topological polar surface area (TPSA) is 242 Å². The van der Waals surface area contributed by atoms with Gasteiger partial charge in [0.2, 0.25) is 0 Å². The first kappa shape index (κ1) is 41.9. The maximum atomic E-state index is 12.7. The number of fused-ring (bicyclic) bond motifs is 2. The minimum Gasteiger partial charge on any atom is -0.482 e. The van der Waals surface area contributed by atoms with E-state index in [2.05, 4.69) is 30.2 Å². The van der Waals surface area contributed by atoms with Crippen LogP contribution in [0.25, 0.3) is 33.8 Å². The molecular formula is C44H49N11O6. The van der Waals surface area contributed by atoms with Crippen molar-refractivity contribution in [3.63, 3.8) is 0 Å². The molecule has 61 heavy (non-hydrogen) atoms. The minimum absolute atomic E-state index is 0.0171. The second-order valence-corrected chi connectivity index (χ2v) is 15.6. The number of benzene rings is 2. The summed E-state index contributed by atoms with van der Waals surface area (Å²) in [6, 6.07) is 19.1. The lowest BCUT2D eigenvalue weighted by atomic mass is 9.97. The Morgan fingerprint density at radius 1 is 0.820 bits per heavy atom. The summed E-state index contributed by atoms with van der Waals surface area (Å²) in [5.74, 6) is 1.81. The van der Waals surface area contributed by atoms with E-state index in [-0.39, 0.29) is 38.1 Å². The Morgan fingerprint density at radius 3 is 2.03 bits per heavy atom. The number of H-pyrrole nitrogens is 1. The summed E-state index contributed by atoms with van der Waals surface area (Å²) in [5.41, 5.74) is 27.1. The van der Waals surface area contributed by atoms with Gasteiger partial charge in [0, 0.05) is 73.1 Å². The van der Waals surface area contributed by atoms with Gasteiger partial charge in [0.15, 0.2) is 19.2 Å². The Hall–Kier alpha value is -7.27. The molecule has 0 radical (unpaired) electrons. The molecule has 3 amide bonds. The Morgan fingerprint density at radius 2 is 1.41 bits per heavy atom. The average Bonchev–Trinajstić information content (AvgIpc) is 3.81. The van der Waals surface area contributed by atoms with Gasteiger partial charge in [0.25, 0.3) is 11.8 Å². The number of nitrogens with one attached hydrogen (secondary N) is 2. The van der Waals surface area contributed by atoms with Crippen LogP contribution in [0.4, 0.5) is 22.1 Å². The number of carbonyl (C=O) groups excluding carboxylic acids is 3. The molecule has 3 aliphatic rings. The number of amidine groups is 1. The van der Waals surface area contributed by atoms with E-state index in [0.29, 0.717) is 59.9 Å². The van der Waals surface area contributed by atoms with E-state index >= 15 is 0 Å². The van der Waals surface area contributed by atoms with Gasteiger partial charge in [-0.15, -0.1) is 0 Å². The van der Waals surface area contributed by atoms with Crippen LogP contribution in [0.1, 0.15) is 49.7 Å². The number of aromatic nitrogens is 4. The van der Waals surface area contributed by atoms with Gasteiger partial charge in [-0.25, -0.2) is 14.8 Å². The van der Waals surface area contributed by atoms with Crippen molar-refractivity contribution in [2.75, 3.05) is 54.9 Å². The second kappa shape index (κ2) is 17.5. The van der Waals surface area contributed by atoms with Gasteiger partial charge in [0.05, 0.1) is 28.5 Å². The molecule has 6 heterocycles. The lowest BCUT2D eigenvalue weighted by Crippen LogP contribution is -2.44. The van der Waals surface area contributed by atoms with Crippen LogP contribution >= 0.6 is 0 Å². The van der Waals surface area contributed by atoms with Crippen molar-refractivity contribution in [1.82, 2.24) is 25.3 Å². The number of nitrogen functional groups attached to an aromatic ring is 1. The molecule has 3 aromatic heterocycles. The van der Waals surface area contributed by atoms with Gasteiger partial charge in [-0.05, 0) is 100 Å². The number of ether oxygens (including phenoxy) is 3. The summed E-state index contributed by atoms with van der Waals surface area (Å²) < 4.78 is 16.5. The number of carbonyl (C=O) groups is 3. The third-order valence-electron chi connectivity index (χ3n) is 9.76. The maximum absolute atomic E-state index is 12.7. The Labute approximate surface area is 353 Å². The van der Waals surface area contributed by atoms with Crippen molar-refractivity contribution in [2.24, 2.45) is 16.5 Å². The summed E-state index contributed by atoms with van der Waals surface area (Å²) in [4.78, 5) is 60.8. The molecule has 0 atom stereocenters. The number of nitrogens with zero attached hydrogens (tertiary/aromatic N) is 6. The number of alkyl carbamates (subject to hydrolysis) is 1. The molecule has 0 bridgehead atoms. The zero-order chi connectivity index (χ0) is 43.4. The van der Waals surface area contributed by atoms with Crippen LogP contribution in [0.15, 0.2) is 78.0 Å². The minimum atomic E-state index is -0.593. The fourth-order valence-electron chi connectivity index (χ4n) is 7.14. The fraction of sp³-hybridized carbons (Fsp3) is 0.295. The number of anilines is 3. The molecule has 0 spiro atoms. The normalized spacial score (nSPS) is 14.6. The number of hydrogen-bond acceptors (Lipinski definition) is 13. The lowest BCUT2D eigenvalue weighted by molar-refractivity contribution is -0.122. The predicted molar refractivity (Wildman–Crippen MR) is 234 cm³/mol. The smallest absolute Gasteiger partial charge is 0.407 e. The third kappa shape index (κ3) is 9.63. The fourth-order valence-corrected chi connectivity index (χ4v) is 7.14. The maximum Gasteiger partial charge on any atom is 0.407 e. The predicted octanol–water partition coefficient (Wildman–Crippen LogP) is 4.98. The van der Waals surface area contributed by atoms with Crippen molar-refractivity contribution in [2.45, 2.75) is 46.6 Å². The van der Waals surface area contributed by atoms with Gasteiger partial charge in [-0.1, -0.05) is 6.07 Å². The SMILES string of the molecule is Cc1cc(-c2[nH]c(N)nc2-c2ccc3c(c2)N(CCN)C(=O)CO3)ccn1.Cc1cc(C2=C(c3ccc4c(c3)N(CCNC(=O)OC(C)(C)C)C(=O)CO4)CC(N)=N2)ccn1. The van der Waals surface area contributed by atoms with Gasteiger partial charge >= 0.3 is 6.09 Å². The molecule has 0 saturated carbocycles. The summed E-state index contributed by atoms with van der Waals surface area (Å²) in [6.45, 7) is 10.5. The summed E-state index contributed by atoms with van der Waals surface area (Å²) in [5, 5.41) is 2.70. The molecule has 17 nitrogen and oxygen atoms in total. The standard InChI is InChI=1S/C25H29N5O4.C19H20N6O2/c1-15-11-17(7-8-27-15)23-18(13-21(26)29-23)16-5-6-20-19(12-16)30(22(31)14-33-20)10-9-28-24(32)34-25(2,3)4;1-11-8-13(4-6-22-11)18-17(23-19(21)24-18)12-2-3-15-14(9-12)25(7-5-20)16(26)10-27-15/h5-8,11-12H,9-10,13-14H2,1-4H3,(H2,26,29)(H,28,32);2-4,6,8-9H,5,7,10,20H2,1H3,(H3,21,23,24). The van der Waals surface area contributed by atoms with Crippen LogP contribution in [-0.2, 0) is 14.3 Å². The van der Waals surface area contributed by atoms with Gasteiger partial charge < -0.3 is 51.5 Å². The number of rotatable bonds is 9. The molecular weight excluding hydrogens is 779 g/mol. The van der Waals surface area contributed by atoms with Crippen LogP contribution < -0.4 is 41.8 Å². The molecule has 8 N–H and O–H groups in total. The highest BCUT2D eigenvalue weighted by atomic mass is 16.6. The van der Waals surface area contributed by atoms with Crippen molar-refractivity contribution < 1.29 is 28.6 Å². The first-order valence-electron chi connectivity index (χ1n) is 19.8. The van der Waals surface area contributed by atoms with E-state index in [9.17, 15) is 14.4 Å². The van der Waals surface area contributed by atoms with Crippen molar-refractivity contribution in [1.29, 1.82) is 0 Å². The molecule has 5 aromatic rings. The summed E-state index contributed by atoms with van der Waals surface area (Å²) >= 11 is 0. The van der Waals surface area contributed by atoms with E-state index in [4.69, 9.17) is 31.4 Å². The number of aromatic amines is 1. The third-order valence-corrected chi connectivity index (χ3v) is 9.76. The largest absolute Gasteiger partial charge is 0.482 e. The first-order chi connectivity index (χ1) is 29.2. The van der Waals surface area contributed by atoms with Gasteiger partial charge in [-0.2, -0.15) is 0 Å². The zero-order valence-electron chi connectivity index (χ0n) is 34.7. The Balaban J connectivity index is 0.000000189. The molecule has 0 aliphatic carbocycles. The first-order valence-corrected chi connectivity index (χ1v) is 19.8. The van der Waals surface area contributed by atoms with Crippen molar-refractivity contribution in [3.8, 4) is 34.0 Å². The van der Waals surface area contributed by atoms with Crippen LogP contribution in [0.5, 0.6) is 11.5 Å². The van der Waals surface area contributed by atoms with E-state index in [1.807, 2.05) is 74.5 Å². The molecule has 8 rings (SSSR count). The summed E-state index contributed by atoms with van der Waals surface area (Å²) in [6.07, 6.45) is 3.47. The molecule has 316 valence electrons. The van der Waals surface area contributed by atoms with Crippen molar-refractivity contribution >= 4 is 52.3 Å². The number of aliphatic imine (C=N–C) groups is 1. The number of amides is 3. The van der Waals surface area contributed by atoms with Gasteiger partial charge in [0.1, 0.15) is 22.9 Å². The number of aryl methyl sites for hydroxylation is 2. The highest BCUT2D eigenvalue weighted by Crippen LogP contribution is 2.41. The van der Waals surface area contributed by atoms with E-state index in [1.165, 1.54) is 0 Å². The van der Waals surface area contributed by atoms with Crippen LogP contribution in [0.3, 0.4) is 0 Å².